The number of allylic oxidation sites excluding steroid dienone is 3. The first-order chi connectivity index (χ1) is 20.5. The minimum atomic E-state index is -0.738. The molecule has 0 spiro atoms. The van der Waals surface area contributed by atoms with Crippen LogP contribution in [0.4, 0.5) is 15.2 Å². The molecule has 0 saturated heterocycles. The van der Waals surface area contributed by atoms with E-state index in [1.54, 1.807) is 30.2 Å². The van der Waals surface area contributed by atoms with Gasteiger partial charge in [0.25, 0.3) is 0 Å². The summed E-state index contributed by atoms with van der Waals surface area (Å²) in [6.45, 7) is 4.02. The Morgan fingerprint density at radius 1 is 1.21 bits per heavy atom. The fraction of sp³-hybridized carbons (Fsp3) is 0.300. The van der Waals surface area contributed by atoms with Gasteiger partial charge in [0, 0.05) is 35.0 Å². The number of amides is 1. The van der Waals surface area contributed by atoms with Crippen LogP contribution in [-0.4, -0.2) is 41.9 Å². The molecule has 2 aliphatic rings. The number of methoxy groups -OCH3 is 2. The average molecular weight is 621 g/mol. The Labute approximate surface area is 256 Å². The molecule has 0 bridgehead atoms. The number of halogens is 1. The van der Waals surface area contributed by atoms with Crippen LogP contribution in [0.5, 0.6) is 11.5 Å². The third kappa shape index (κ3) is 6.07. The highest BCUT2D eigenvalue weighted by atomic mass is 32.2. The molecule has 3 aromatic rings. The fourth-order valence-corrected chi connectivity index (χ4v) is 6.98. The number of nitrogens with one attached hydrogen (secondary N) is 1. The van der Waals surface area contributed by atoms with Gasteiger partial charge in [-0.05, 0) is 42.2 Å². The molecule has 1 aromatic heterocycles. The van der Waals surface area contributed by atoms with Crippen molar-refractivity contribution < 1.29 is 23.5 Å². The normalized spacial score (nSPS) is 17.8. The second-order valence-corrected chi connectivity index (χ2v) is 13.0. The highest BCUT2D eigenvalue weighted by Gasteiger charge is 2.46. The van der Waals surface area contributed by atoms with Gasteiger partial charge in [0.15, 0.2) is 10.1 Å². The van der Waals surface area contributed by atoms with Gasteiger partial charge in [0.2, 0.25) is 11.0 Å². The number of thioether (sulfide) groups is 1. The number of anilines is 2. The van der Waals surface area contributed by atoms with E-state index in [9.17, 15) is 19.2 Å². The summed E-state index contributed by atoms with van der Waals surface area (Å²) in [6, 6.07) is 13.0. The monoisotopic (exact) mass is 620 g/mol. The van der Waals surface area contributed by atoms with Crippen molar-refractivity contribution in [2.45, 2.75) is 36.9 Å². The standard InChI is InChI=1S/C30H29FN6O4S2/c1-30(2)12-21-26(22(38)13-30)25(19-10-9-18(40-3)11-23(19)41-4)20(14-32)27(33)37(21)28-35-36-29(43-28)42-15-24(39)34-17-7-5-16(31)6-8-17/h5-11,25H,12-13,15,33H2,1-4H3,(H,34,39). The number of nitrogens with zero attached hydrogens (tertiary/aromatic N) is 4. The summed E-state index contributed by atoms with van der Waals surface area (Å²) in [5.74, 6) is -0.279. The van der Waals surface area contributed by atoms with E-state index in [-0.39, 0.29) is 34.3 Å². The molecule has 3 N–H and O–H groups in total. The molecule has 0 fully saturated rings. The van der Waals surface area contributed by atoms with Gasteiger partial charge in [-0.15, -0.1) is 10.2 Å². The maximum atomic E-state index is 13.8. The molecule has 13 heteroatoms. The molecular weight excluding hydrogens is 592 g/mol. The maximum absolute atomic E-state index is 13.8. The molecule has 43 heavy (non-hydrogen) atoms. The van der Waals surface area contributed by atoms with Crippen molar-refractivity contribution in [3.63, 3.8) is 0 Å². The third-order valence-electron chi connectivity index (χ3n) is 7.17. The van der Waals surface area contributed by atoms with Crippen molar-refractivity contribution in [2.24, 2.45) is 11.1 Å². The van der Waals surface area contributed by atoms with E-state index in [1.165, 1.54) is 54.5 Å². The maximum Gasteiger partial charge on any atom is 0.234 e. The van der Waals surface area contributed by atoms with Crippen molar-refractivity contribution in [1.82, 2.24) is 10.2 Å². The number of nitriles is 1. The number of carbonyl (C=O) groups is 2. The summed E-state index contributed by atoms with van der Waals surface area (Å²) in [7, 11) is 3.07. The lowest BCUT2D eigenvalue weighted by Crippen LogP contribution is -2.42. The number of hydrogen-bond acceptors (Lipinski definition) is 11. The number of carbonyl (C=O) groups excluding carboxylic acids is 2. The summed E-state index contributed by atoms with van der Waals surface area (Å²) >= 11 is 2.38. The van der Waals surface area contributed by atoms with Crippen molar-refractivity contribution in [3.8, 4) is 17.6 Å². The molecular formula is C30H29FN6O4S2. The first-order valence-electron chi connectivity index (χ1n) is 13.2. The Bertz CT molecular complexity index is 1690. The van der Waals surface area contributed by atoms with E-state index in [4.69, 9.17) is 15.2 Å². The van der Waals surface area contributed by atoms with Gasteiger partial charge in [-0.1, -0.05) is 43.0 Å². The minimum absolute atomic E-state index is 0.0412. The molecule has 2 aromatic carbocycles. The van der Waals surface area contributed by atoms with Crippen LogP contribution in [0, 0.1) is 22.6 Å². The highest BCUT2D eigenvalue weighted by molar-refractivity contribution is 8.01. The zero-order chi connectivity index (χ0) is 30.9. The largest absolute Gasteiger partial charge is 0.497 e. The predicted molar refractivity (Wildman–Crippen MR) is 162 cm³/mol. The number of benzene rings is 2. The highest BCUT2D eigenvalue weighted by Crippen LogP contribution is 2.52. The van der Waals surface area contributed by atoms with Gasteiger partial charge < -0.3 is 20.5 Å². The van der Waals surface area contributed by atoms with Crippen molar-refractivity contribution in [2.75, 3.05) is 30.2 Å². The summed E-state index contributed by atoms with van der Waals surface area (Å²) in [5, 5.41) is 22.0. The van der Waals surface area contributed by atoms with E-state index >= 15 is 0 Å². The van der Waals surface area contributed by atoms with E-state index in [0.29, 0.717) is 56.3 Å². The molecule has 1 unspecified atom stereocenters. The zero-order valence-electron chi connectivity index (χ0n) is 23.9. The molecule has 5 rings (SSSR count). The molecule has 1 aliphatic heterocycles. The SMILES string of the molecule is COc1ccc(C2C(C#N)=C(N)N(c3nnc(SCC(=O)Nc4ccc(F)cc4)s3)C3=C2C(=O)CC(C)(C)C3)c(OC)c1. The summed E-state index contributed by atoms with van der Waals surface area (Å²) in [4.78, 5) is 27.9. The lowest BCUT2D eigenvalue weighted by molar-refractivity contribution is -0.118. The third-order valence-corrected chi connectivity index (χ3v) is 9.22. The van der Waals surface area contributed by atoms with Crippen LogP contribution in [0.25, 0.3) is 0 Å². The van der Waals surface area contributed by atoms with Crippen molar-refractivity contribution in [3.05, 3.63) is 76.5 Å². The van der Waals surface area contributed by atoms with Crippen LogP contribution in [0.15, 0.2) is 69.5 Å². The Morgan fingerprint density at radius 2 is 1.95 bits per heavy atom. The lowest BCUT2D eigenvalue weighted by atomic mass is 9.68. The second kappa shape index (κ2) is 12.1. The van der Waals surface area contributed by atoms with E-state index in [2.05, 4.69) is 21.6 Å². The van der Waals surface area contributed by atoms with Crippen LogP contribution >= 0.6 is 23.1 Å². The Hall–Kier alpha value is -4.41. The molecule has 222 valence electrons. The molecule has 10 nitrogen and oxygen atoms in total. The Kier molecular flexibility index (Phi) is 8.43. The molecule has 1 amide bonds. The van der Waals surface area contributed by atoms with E-state index in [0.717, 1.165) is 0 Å². The van der Waals surface area contributed by atoms with Gasteiger partial charge in [-0.2, -0.15) is 5.26 Å². The first kappa shape index (κ1) is 30.1. The molecule has 0 saturated carbocycles. The number of ketones is 1. The van der Waals surface area contributed by atoms with Crippen molar-refractivity contribution >= 4 is 45.6 Å². The fourth-order valence-electron chi connectivity index (χ4n) is 5.30. The molecule has 2 heterocycles. The van der Waals surface area contributed by atoms with E-state index < -0.39 is 11.7 Å². The van der Waals surface area contributed by atoms with Crippen molar-refractivity contribution in [1.29, 1.82) is 5.26 Å². The molecule has 0 radical (unpaired) electrons. The van der Waals surface area contributed by atoms with Gasteiger partial charge in [0.05, 0.1) is 37.5 Å². The van der Waals surface area contributed by atoms with Crippen LogP contribution in [0.3, 0.4) is 0 Å². The van der Waals surface area contributed by atoms with Gasteiger partial charge in [0.1, 0.15) is 23.1 Å². The number of ether oxygens (including phenoxy) is 2. The van der Waals surface area contributed by atoms with Crippen LogP contribution in [0.1, 0.15) is 38.2 Å². The summed E-state index contributed by atoms with van der Waals surface area (Å²) in [6.07, 6.45) is 0.804. The molecule has 1 aliphatic carbocycles. The Morgan fingerprint density at radius 3 is 2.63 bits per heavy atom. The lowest BCUT2D eigenvalue weighted by Gasteiger charge is -2.42. The Balaban J connectivity index is 1.50. The summed E-state index contributed by atoms with van der Waals surface area (Å²) < 4.78 is 24.7. The quantitative estimate of drug-likeness (QED) is 0.316. The van der Waals surface area contributed by atoms with E-state index in [1.807, 2.05) is 13.8 Å². The number of nitrogens with two attached hydrogens (primary N) is 1. The first-order valence-corrected chi connectivity index (χ1v) is 15.0. The second-order valence-electron chi connectivity index (χ2n) is 10.8. The number of hydrogen-bond donors (Lipinski definition) is 2. The van der Waals surface area contributed by atoms with Crippen LogP contribution in [0.2, 0.25) is 0 Å². The average Bonchev–Trinajstić information content (AvgIpc) is 3.44. The van der Waals surface area contributed by atoms with Crippen LogP contribution < -0.4 is 25.4 Å². The number of Topliss-reactive ketones (excluding diaryl/α,β-unsaturated/α-hetero) is 1. The van der Waals surface area contributed by atoms with Gasteiger partial charge >= 0.3 is 0 Å². The number of rotatable bonds is 8. The predicted octanol–water partition coefficient (Wildman–Crippen LogP) is 5.37. The zero-order valence-corrected chi connectivity index (χ0v) is 25.6. The van der Waals surface area contributed by atoms with Gasteiger partial charge in [-0.3, -0.25) is 14.5 Å². The summed E-state index contributed by atoms with van der Waals surface area (Å²) in [5.41, 5.74) is 8.78. The molecule has 1 atom stereocenters. The smallest absolute Gasteiger partial charge is 0.234 e. The van der Waals surface area contributed by atoms with Crippen LogP contribution in [-0.2, 0) is 9.59 Å². The number of aromatic nitrogens is 2. The topological polar surface area (TPSA) is 143 Å². The van der Waals surface area contributed by atoms with Gasteiger partial charge in [-0.25, -0.2) is 4.39 Å². The minimum Gasteiger partial charge on any atom is -0.497 e.